The number of likely N-dealkylation sites (tertiary alicyclic amines) is 1. The molecule has 17 heavy (non-hydrogen) atoms. The number of hydrogen-bond acceptors (Lipinski definition) is 3. The summed E-state index contributed by atoms with van der Waals surface area (Å²) in [5.74, 6) is 0. The van der Waals surface area contributed by atoms with E-state index in [0.717, 1.165) is 19.4 Å². The molecule has 0 spiro atoms. The molecule has 1 unspecified atom stereocenters. The van der Waals surface area contributed by atoms with Crippen LogP contribution in [0.1, 0.15) is 42.4 Å². The Labute approximate surface area is 108 Å². The number of piperidine rings is 1. The second-order valence-electron chi connectivity index (χ2n) is 4.85. The topological polar surface area (TPSA) is 23.5 Å². The van der Waals surface area contributed by atoms with Gasteiger partial charge in [-0.1, -0.05) is 13.3 Å². The van der Waals surface area contributed by atoms with E-state index in [0.29, 0.717) is 12.6 Å². The highest BCUT2D eigenvalue weighted by atomic mass is 32.1. The second-order valence-corrected chi connectivity index (χ2v) is 6.11. The molecule has 0 bridgehead atoms. The van der Waals surface area contributed by atoms with Crippen molar-refractivity contribution in [2.75, 3.05) is 13.2 Å². The first-order valence-electron chi connectivity index (χ1n) is 6.76. The van der Waals surface area contributed by atoms with Crippen LogP contribution in [0.3, 0.4) is 0 Å². The maximum Gasteiger partial charge on any atom is 0.0445 e. The van der Waals surface area contributed by atoms with Crippen LogP contribution >= 0.6 is 11.3 Å². The molecule has 1 N–H and O–H groups in total. The molecule has 2 nitrogen and oxygen atoms in total. The van der Waals surface area contributed by atoms with Gasteiger partial charge in [0.15, 0.2) is 0 Å². The van der Waals surface area contributed by atoms with E-state index >= 15 is 0 Å². The Bertz CT molecular complexity index is 335. The third-order valence-electron chi connectivity index (χ3n) is 3.64. The minimum Gasteiger partial charge on any atom is -0.396 e. The summed E-state index contributed by atoms with van der Waals surface area (Å²) in [6, 6.07) is 5.12. The van der Waals surface area contributed by atoms with Gasteiger partial charge in [-0.3, -0.25) is 4.90 Å². The molecule has 1 atom stereocenters. The van der Waals surface area contributed by atoms with Gasteiger partial charge in [-0.25, -0.2) is 0 Å². The van der Waals surface area contributed by atoms with Gasteiger partial charge in [-0.05, 0) is 44.4 Å². The van der Waals surface area contributed by atoms with Gasteiger partial charge < -0.3 is 5.11 Å². The number of aliphatic hydroxyl groups is 1. The standard InChI is InChI=1S/C14H23NOS/c1-2-13-6-7-14(17-13)11-15-9-4-3-5-12(15)8-10-16/h6-7,12,16H,2-5,8-11H2,1H3. The quantitative estimate of drug-likeness (QED) is 0.872. The van der Waals surface area contributed by atoms with Crippen LogP contribution in [0.25, 0.3) is 0 Å². The molecule has 1 aliphatic rings. The zero-order valence-electron chi connectivity index (χ0n) is 10.7. The predicted octanol–water partition coefficient (Wildman–Crippen LogP) is 3.05. The lowest BCUT2D eigenvalue weighted by Gasteiger charge is -2.35. The minimum atomic E-state index is 0.325. The molecular weight excluding hydrogens is 230 g/mol. The van der Waals surface area contributed by atoms with Crippen molar-refractivity contribution in [3.8, 4) is 0 Å². The summed E-state index contributed by atoms with van der Waals surface area (Å²) in [7, 11) is 0. The SMILES string of the molecule is CCc1ccc(CN2CCCCC2CCO)s1. The molecule has 0 aliphatic carbocycles. The lowest BCUT2D eigenvalue weighted by atomic mass is 9.99. The highest BCUT2D eigenvalue weighted by Crippen LogP contribution is 2.25. The Morgan fingerprint density at radius 2 is 2.18 bits per heavy atom. The number of aliphatic hydroxyl groups excluding tert-OH is 1. The van der Waals surface area contributed by atoms with Gasteiger partial charge in [0.25, 0.3) is 0 Å². The van der Waals surface area contributed by atoms with Gasteiger partial charge in [0.2, 0.25) is 0 Å². The third kappa shape index (κ3) is 3.54. The third-order valence-corrected chi connectivity index (χ3v) is 4.85. The fourth-order valence-electron chi connectivity index (χ4n) is 2.64. The Kier molecular flexibility index (Phi) is 5.01. The molecule has 1 saturated heterocycles. The molecule has 0 aromatic carbocycles. The highest BCUT2D eigenvalue weighted by molar-refractivity contribution is 7.11. The van der Waals surface area contributed by atoms with Crippen molar-refractivity contribution in [2.45, 2.75) is 51.6 Å². The van der Waals surface area contributed by atoms with Crippen molar-refractivity contribution in [2.24, 2.45) is 0 Å². The fourth-order valence-corrected chi connectivity index (χ4v) is 3.63. The normalized spacial score (nSPS) is 21.9. The monoisotopic (exact) mass is 253 g/mol. The largest absolute Gasteiger partial charge is 0.396 e. The zero-order chi connectivity index (χ0) is 12.1. The van der Waals surface area contributed by atoms with E-state index in [9.17, 15) is 0 Å². The van der Waals surface area contributed by atoms with Crippen molar-refractivity contribution in [3.63, 3.8) is 0 Å². The summed E-state index contributed by atoms with van der Waals surface area (Å²) in [5, 5.41) is 9.12. The van der Waals surface area contributed by atoms with E-state index in [-0.39, 0.29) is 0 Å². The van der Waals surface area contributed by atoms with Gasteiger partial charge >= 0.3 is 0 Å². The summed E-state index contributed by atoms with van der Waals surface area (Å²) in [5.41, 5.74) is 0. The Morgan fingerprint density at radius 3 is 2.88 bits per heavy atom. The molecule has 1 aliphatic heterocycles. The van der Waals surface area contributed by atoms with Crippen LogP contribution in [0.5, 0.6) is 0 Å². The summed E-state index contributed by atoms with van der Waals surface area (Å²) < 4.78 is 0. The molecule has 0 radical (unpaired) electrons. The maximum atomic E-state index is 9.12. The average molecular weight is 253 g/mol. The average Bonchev–Trinajstić information content (AvgIpc) is 2.80. The molecule has 0 saturated carbocycles. The van der Waals surface area contributed by atoms with Crippen molar-refractivity contribution < 1.29 is 5.11 Å². The lowest BCUT2D eigenvalue weighted by molar-refractivity contribution is 0.113. The van der Waals surface area contributed by atoms with Gasteiger partial charge in [-0.15, -0.1) is 11.3 Å². The lowest BCUT2D eigenvalue weighted by Crippen LogP contribution is -2.39. The molecule has 3 heteroatoms. The zero-order valence-corrected chi connectivity index (χ0v) is 11.5. The van der Waals surface area contributed by atoms with E-state index in [4.69, 9.17) is 5.11 Å². The Hall–Kier alpha value is -0.380. The van der Waals surface area contributed by atoms with E-state index in [1.807, 2.05) is 11.3 Å². The van der Waals surface area contributed by atoms with Crippen LogP contribution in [-0.2, 0) is 13.0 Å². The van der Waals surface area contributed by atoms with Crippen LogP contribution in [-0.4, -0.2) is 29.2 Å². The summed E-state index contributed by atoms with van der Waals surface area (Å²) >= 11 is 1.94. The molecule has 1 aromatic heterocycles. The second kappa shape index (κ2) is 6.53. The highest BCUT2D eigenvalue weighted by Gasteiger charge is 2.22. The number of thiophene rings is 1. The van der Waals surface area contributed by atoms with E-state index in [1.54, 1.807) is 0 Å². The molecule has 1 fully saturated rings. The van der Waals surface area contributed by atoms with Crippen LogP contribution in [0.15, 0.2) is 12.1 Å². The molecule has 96 valence electrons. The van der Waals surface area contributed by atoms with Crippen LogP contribution in [0.2, 0.25) is 0 Å². The summed E-state index contributed by atoms with van der Waals surface area (Å²) in [4.78, 5) is 5.52. The molecule has 2 rings (SSSR count). The molecule has 2 heterocycles. The van der Waals surface area contributed by atoms with Crippen molar-refractivity contribution >= 4 is 11.3 Å². The van der Waals surface area contributed by atoms with Crippen LogP contribution in [0, 0.1) is 0 Å². The Balaban J connectivity index is 1.95. The minimum absolute atomic E-state index is 0.325. The van der Waals surface area contributed by atoms with Gasteiger partial charge in [0.1, 0.15) is 0 Å². The first-order valence-corrected chi connectivity index (χ1v) is 7.57. The van der Waals surface area contributed by atoms with Crippen molar-refractivity contribution in [3.05, 3.63) is 21.9 Å². The Morgan fingerprint density at radius 1 is 1.35 bits per heavy atom. The van der Waals surface area contributed by atoms with Gasteiger partial charge in [0, 0.05) is 28.9 Å². The fraction of sp³-hybridized carbons (Fsp3) is 0.714. The summed E-state index contributed by atoms with van der Waals surface area (Å²) in [6.07, 6.45) is 5.98. The molecular formula is C14H23NOS. The van der Waals surface area contributed by atoms with Gasteiger partial charge in [-0.2, -0.15) is 0 Å². The first-order chi connectivity index (χ1) is 8.33. The molecule has 1 aromatic rings. The van der Waals surface area contributed by atoms with Crippen molar-refractivity contribution in [1.82, 2.24) is 4.90 Å². The number of rotatable bonds is 5. The number of aryl methyl sites for hydroxylation is 1. The molecule has 0 amide bonds. The smallest absolute Gasteiger partial charge is 0.0445 e. The number of hydrogen-bond donors (Lipinski definition) is 1. The van der Waals surface area contributed by atoms with E-state index in [1.165, 1.54) is 35.6 Å². The van der Waals surface area contributed by atoms with Gasteiger partial charge in [0.05, 0.1) is 0 Å². The van der Waals surface area contributed by atoms with Crippen LogP contribution < -0.4 is 0 Å². The maximum absolute atomic E-state index is 9.12. The van der Waals surface area contributed by atoms with E-state index < -0.39 is 0 Å². The summed E-state index contributed by atoms with van der Waals surface area (Å²) in [6.45, 7) is 4.82. The van der Waals surface area contributed by atoms with Crippen LogP contribution in [0.4, 0.5) is 0 Å². The predicted molar refractivity (Wildman–Crippen MR) is 73.4 cm³/mol. The first kappa shape index (κ1) is 13.1. The van der Waals surface area contributed by atoms with Crippen molar-refractivity contribution in [1.29, 1.82) is 0 Å². The van der Waals surface area contributed by atoms with E-state index in [2.05, 4.69) is 24.0 Å². The number of nitrogens with zero attached hydrogens (tertiary/aromatic N) is 1.